The fourth-order valence-electron chi connectivity index (χ4n) is 1.93. The van der Waals surface area contributed by atoms with E-state index in [1.54, 1.807) is 0 Å². The molecule has 0 fully saturated rings. The zero-order valence-corrected chi connectivity index (χ0v) is 9.84. The van der Waals surface area contributed by atoms with Crippen LogP contribution in [-0.2, 0) is 13.0 Å². The van der Waals surface area contributed by atoms with Gasteiger partial charge in [0.05, 0.1) is 6.61 Å². The number of aromatic nitrogens is 1. The fraction of sp³-hybridized carbons (Fsp3) is 0.133. The second-order valence-corrected chi connectivity index (χ2v) is 4.23. The maximum absolute atomic E-state index is 8.98. The Balaban J connectivity index is 1.86. The van der Waals surface area contributed by atoms with Crippen molar-refractivity contribution in [3.8, 4) is 0 Å². The van der Waals surface area contributed by atoms with Gasteiger partial charge in [-0.2, -0.15) is 0 Å². The summed E-state index contributed by atoms with van der Waals surface area (Å²) in [5, 5.41) is 8.98. The molecular formula is C15H13NO2. The Hall–Kier alpha value is -2.13. The van der Waals surface area contributed by atoms with Gasteiger partial charge in [0.25, 0.3) is 0 Å². The highest BCUT2D eigenvalue weighted by molar-refractivity contribution is 5.72. The summed E-state index contributed by atoms with van der Waals surface area (Å²) >= 11 is 0. The van der Waals surface area contributed by atoms with Crippen molar-refractivity contribution in [2.24, 2.45) is 0 Å². The van der Waals surface area contributed by atoms with E-state index in [0.29, 0.717) is 12.3 Å². The molecule has 0 saturated carbocycles. The van der Waals surface area contributed by atoms with Crippen LogP contribution in [0.4, 0.5) is 0 Å². The second kappa shape index (κ2) is 4.63. The summed E-state index contributed by atoms with van der Waals surface area (Å²) in [6.45, 7) is 0.0726. The van der Waals surface area contributed by atoms with Crippen molar-refractivity contribution in [3.63, 3.8) is 0 Å². The first-order valence-corrected chi connectivity index (χ1v) is 5.88. The highest BCUT2D eigenvalue weighted by Crippen LogP contribution is 2.17. The van der Waals surface area contributed by atoms with E-state index < -0.39 is 0 Å². The van der Waals surface area contributed by atoms with Crippen molar-refractivity contribution in [2.75, 3.05) is 0 Å². The number of oxazole rings is 1. The van der Waals surface area contributed by atoms with Gasteiger partial charge in [-0.05, 0) is 23.3 Å². The first-order chi connectivity index (χ1) is 8.85. The Kier molecular flexibility index (Phi) is 2.82. The highest BCUT2D eigenvalue weighted by Gasteiger charge is 2.05. The smallest absolute Gasteiger partial charge is 0.199 e. The van der Waals surface area contributed by atoms with Gasteiger partial charge < -0.3 is 9.52 Å². The van der Waals surface area contributed by atoms with Crippen LogP contribution in [-0.4, -0.2) is 10.1 Å². The van der Waals surface area contributed by atoms with Crippen molar-refractivity contribution < 1.29 is 9.52 Å². The standard InChI is InChI=1S/C15H13NO2/c17-10-12-7-5-11(6-8-12)9-15-16-13-3-1-2-4-14(13)18-15/h1-8,17H,9-10H2. The Morgan fingerprint density at radius 3 is 2.39 bits per heavy atom. The van der Waals surface area contributed by atoms with Crippen LogP contribution in [0.5, 0.6) is 0 Å². The van der Waals surface area contributed by atoms with Crippen LogP contribution in [0.15, 0.2) is 52.9 Å². The number of nitrogens with zero attached hydrogens (tertiary/aromatic N) is 1. The topological polar surface area (TPSA) is 46.3 Å². The van der Waals surface area contributed by atoms with E-state index in [9.17, 15) is 0 Å². The molecule has 0 atom stereocenters. The molecule has 0 aliphatic carbocycles. The number of aliphatic hydroxyl groups excluding tert-OH is 1. The van der Waals surface area contributed by atoms with E-state index in [1.807, 2.05) is 48.5 Å². The van der Waals surface area contributed by atoms with Crippen LogP contribution in [0.2, 0.25) is 0 Å². The van der Waals surface area contributed by atoms with Crippen molar-refractivity contribution in [1.29, 1.82) is 0 Å². The highest BCUT2D eigenvalue weighted by atomic mass is 16.3. The number of fused-ring (bicyclic) bond motifs is 1. The molecule has 0 aliphatic rings. The lowest BCUT2D eigenvalue weighted by atomic mass is 10.1. The van der Waals surface area contributed by atoms with Gasteiger partial charge in [0, 0.05) is 6.42 Å². The molecule has 2 aromatic carbocycles. The van der Waals surface area contributed by atoms with Gasteiger partial charge in [0.2, 0.25) is 0 Å². The van der Waals surface area contributed by atoms with Gasteiger partial charge in [0.1, 0.15) is 5.52 Å². The minimum atomic E-state index is 0.0726. The Labute approximate surface area is 105 Å². The third-order valence-corrected chi connectivity index (χ3v) is 2.90. The molecule has 18 heavy (non-hydrogen) atoms. The molecule has 1 N–H and O–H groups in total. The SMILES string of the molecule is OCc1ccc(Cc2nc3ccccc3o2)cc1. The Morgan fingerprint density at radius 2 is 1.67 bits per heavy atom. The lowest BCUT2D eigenvalue weighted by Gasteiger charge is -1.99. The number of aliphatic hydroxyl groups is 1. The van der Waals surface area contributed by atoms with Gasteiger partial charge in [-0.15, -0.1) is 0 Å². The predicted octanol–water partition coefficient (Wildman–Crippen LogP) is 2.91. The van der Waals surface area contributed by atoms with Crippen molar-refractivity contribution in [3.05, 3.63) is 65.5 Å². The number of benzene rings is 2. The molecular weight excluding hydrogens is 226 g/mol. The summed E-state index contributed by atoms with van der Waals surface area (Å²) < 4.78 is 5.67. The molecule has 3 heteroatoms. The van der Waals surface area contributed by atoms with E-state index in [0.717, 1.165) is 22.2 Å². The molecule has 0 amide bonds. The minimum Gasteiger partial charge on any atom is -0.440 e. The van der Waals surface area contributed by atoms with Crippen molar-refractivity contribution >= 4 is 11.1 Å². The van der Waals surface area contributed by atoms with Crippen LogP contribution >= 0.6 is 0 Å². The summed E-state index contributed by atoms with van der Waals surface area (Å²) in [7, 11) is 0. The quantitative estimate of drug-likeness (QED) is 0.764. The van der Waals surface area contributed by atoms with Crippen LogP contribution in [0, 0.1) is 0 Å². The second-order valence-electron chi connectivity index (χ2n) is 4.23. The van der Waals surface area contributed by atoms with Gasteiger partial charge in [-0.25, -0.2) is 4.98 Å². The van der Waals surface area contributed by atoms with Crippen molar-refractivity contribution in [1.82, 2.24) is 4.98 Å². The first-order valence-electron chi connectivity index (χ1n) is 5.88. The Morgan fingerprint density at radius 1 is 0.944 bits per heavy atom. The largest absolute Gasteiger partial charge is 0.440 e. The minimum absolute atomic E-state index is 0.0726. The maximum atomic E-state index is 8.98. The molecule has 0 unspecified atom stereocenters. The summed E-state index contributed by atoms with van der Waals surface area (Å²) in [6.07, 6.45) is 0.667. The van der Waals surface area contributed by atoms with Gasteiger partial charge >= 0.3 is 0 Å². The number of hydrogen-bond acceptors (Lipinski definition) is 3. The molecule has 3 rings (SSSR count). The lowest BCUT2D eigenvalue weighted by Crippen LogP contribution is -1.89. The average molecular weight is 239 g/mol. The zero-order valence-electron chi connectivity index (χ0n) is 9.84. The molecule has 90 valence electrons. The van der Waals surface area contributed by atoms with Crippen molar-refractivity contribution in [2.45, 2.75) is 13.0 Å². The Bertz CT molecular complexity index is 623. The summed E-state index contributed by atoms with van der Waals surface area (Å²) in [5.74, 6) is 0.716. The molecule has 1 heterocycles. The molecule has 0 bridgehead atoms. The van der Waals surface area contributed by atoms with Gasteiger partial charge in [-0.3, -0.25) is 0 Å². The van der Waals surface area contributed by atoms with Crippen LogP contribution in [0.1, 0.15) is 17.0 Å². The van der Waals surface area contributed by atoms with Crippen LogP contribution < -0.4 is 0 Å². The molecule has 3 nitrogen and oxygen atoms in total. The molecule has 0 radical (unpaired) electrons. The van der Waals surface area contributed by atoms with Crippen LogP contribution in [0.25, 0.3) is 11.1 Å². The maximum Gasteiger partial charge on any atom is 0.199 e. The molecule has 0 spiro atoms. The normalized spacial score (nSPS) is 10.9. The van der Waals surface area contributed by atoms with E-state index in [-0.39, 0.29) is 6.61 Å². The number of rotatable bonds is 3. The fourth-order valence-corrected chi connectivity index (χ4v) is 1.93. The van der Waals surface area contributed by atoms with E-state index in [4.69, 9.17) is 9.52 Å². The average Bonchev–Trinajstić information content (AvgIpc) is 2.82. The van der Waals surface area contributed by atoms with Crippen LogP contribution in [0.3, 0.4) is 0 Å². The summed E-state index contributed by atoms with van der Waals surface area (Å²) in [6, 6.07) is 15.5. The first kappa shape index (κ1) is 11.0. The van der Waals surface area contributed by atoms with E-state index in [1.165, 1.54) is 0 Å². The monoisotopic (exact) mass is 239 g/mol. The summed E-state index contributed by atoms with van der Waals surface area (Å²) in [5.41, 5.74) is 3.74. The summed E-state index contributed by atoms with van der Waals surface area (Å²) in [4.78, 5) is 4.43. The van der Waals surface area contributed by atoms with E-state index in [2.05, 4.69) is 4.98 Å². The van der Waals surface area contributed by atoms with Gasteiger partial charge in [0.15, 0.2) is 11.5 Å². The molecule has 0 saturated heterocycles. The third kappa shape index (κ3) is 2.13. The van der Waals surface area contributed by atoms with E-state index >= 15 is 0 Å². The third-order valence-electron chi connectivity index (χ3n) is 2.90. The molecule has 1 aromatic heterocycles. The molecule has 3 aromatic rings. The number of para-hydroxylation sites is 2. The lowest BCUT2D eigenvalue weighted by molar-refractivity contribution is 0.282. The zero-order chi connectivity index (χ0) is 12.4. The predicted molar refractivity (Wildman–Crippen MR) is 69.2 cm³/mol. The van der Waals surface area contributed by atoms with Gasteiger partial charge in [-0.1, -0.05) is 36.4 Å². The molecule has 0 aliphatic heterocycles. The number of hydrogen-bond donors (Lipinski definition) is 1.